The highest BCUT2D eigenvalue weighted by Crippen LogP contribution is 2.69. The van der Waals surface area contributed by atoms with Crippen molar-refractivity contribution < 1.29 is 37.8 Å². The number of carbonyl (C=O) groups excluding carboxylic acids is 4. The maximum absolute atomic E-state index is 13.5. The smallest absolute Gasteiger partial charge is 0.313 e. The lowest BCUT2D eigenvalue weighted by Gasteiger charge is -2.56. The maximum Gasteiger partial charge on any atom is 0.313 e. The van der Waals surface area contributed by atoms with E-state index in [2.05, 4.69) is 0 Å². The molecule has 2 aliphatic heterocycles. The van der Waals surface area contributed by atoms with Gasteiger partial charge in [-0.1, -0.05) is 6.92 Å². The van der Waals surface area contributed by atoms with Gasteiger partial charge in [-0.3, -0.25) is 19.2 Å². The van der Waals surface area contributed by atoms with Crippen LogP contribution in [0.25, 0.3) is 0 Å². The number of rotatable bonds is 3. The van der Waals surface area contributed by atoms with Gasteiger partial charge in [0.05, 0.1) is 24.5 Å². The first-order valence-corrected chi connectivity index (χ1v) is 10.3. The molecule has 8 nitrogen and oxygen atoms in total. The summed E-state index contributed by atoms with van der Waals surface area (Å²) in [5.41, 5.74) is -2.86. The molecule has 0 amide bonds. The van der Waals surface area contributed by atoms with E-state index in [1.54, 1.807) is 12.3 Å². The molecule has 3 heterocycles. The minimum Gasteiger partial charge on any atom is -0.472 e. The number of esters is 2. The van der Waals surface area contributed by atoms with Crippen LogP contribution in [0.4, 0.5) is 0 Å². The average Bonchev–Trinajstić information content (AvgIpc) is 3.16. The van der Waals surface area contributed by atoms with Gasteiger partial charge in [-0.05, 0) is 24.3 Å². The summed E-state index contributed by atoms with van der Waals surface area (Å²) in [6.45, 7) is 3.01. The minimum absolute atomic E-state index is 0.101. The summed E-state index contributed by atoms with van der Waals surface area (Å²) >= 11 is 0. The number of fused-ring (bicyclic) bond motifs is 3. The molecule has 0 radical (unpaired) electrons. The molecular formula is C22H24O8. The number of ether oxygens (including phenoxy) is 3. The molecule has 4 fully saturated rings. The molecule has 4 aliphatic rings. The van der Waals surface area contributed by atoms with E-state index in [1.807, 2.05) is 6.92 Å². The summed E-state index contributed by atoms with van der Waals surface area (Å²) in [6.07, 6.45) is 3.66. The minimum atomic E-state index is -1.36. The van der Waals surface area contributed by atoms with Crippen molar-refractivity contribution >= 4 is 23.5 Å². The van der Waals surface area contributed by atoms with Gasteiger partial charge in [-0.15, -0.1) is 0 Å². The maximum atomic E-state index is 13.5. The van der Waals surface area contributed by atoms with E-state index in [1.165, 1.54) is 13.2 Å². The fraction of sp³-hybridized carbons (Fsp3) is 0.636. The van der Waals surface area contributed by atoms with Crippen LogP contribution in [0.15, 0.2) is 23.0 Å². The largest absolute Gasteiger partial charge is 0.472 e. The Morgan fingerprint density at radius 2 is 2.03 bits per heavy atom. The van der Waals surface area contributed by atoms with Gasteiger partial charge in [0.1, 0.15) is 23.9 Å². The zero-order chi connectivity index (χ0) is 21.3. The van der Waals surface area contributed by atoms with Gasteiger partial charge in [0.2, 0.25) is 0 Å². The van der Waals surface area contributed by atoms with Crippen LogP contribution >= 0.6 is 0 Å². The summed E-state index contributed by atoms with van der Waals surface area (Å²) in [5.74, 6) is -2.00. The zero-order valence-electron chi connectivity index (χ0n) is 17.0. The normalized spacial score (nSPS) is 42.3. The molecule has 5 rings (SSSR count). The SMILES string of the molecule is CC(=O)OC[C@@]12C(=O)C[C@@H](C)[C@]3(C[C@@H](c4ccoc4)OC3=O)[C@H]1CCC(=O)[C@]21CO1. The highest BCUT2D eigenvalue weighted by molar-refractivity contribution is 6.03. The number of carbonyl (C=O) groups is 4. The number of Topliss-reactive ketones (excluding diaryl/α,β-unsaturated/α-hetero) is 2. The molecule has 30 heavy (non-hydrogen) atoms. The highest BCUT2D eigenvalue weighted by Gasteiger charge is 2.80. The molecule has 0 unspecified atom stereocenters. The molecule has 8 heteroatoms. The van der Waals surface area contributed by atoms with E-state index in [4.69, 9.17) is 18.6 Å². The first kappa shape index (κ1) is 19.5. The average molecular weight is 416 g/mol. The molecule has 6 atom stereocenters. The third-order valence-corrected chi connectivity index (χ3v) is 7.92. The summed E-state index contributed by atoms with van der Waals surface area (Å²) in [4.78, 5) is 51.5. The molecule has 0 N–H and O–H groups in total. The van der Waals surface area contributed by atoms with Gasteiger partial charge in [0.15, 0.2) is 11.4 Å². The first-order chi connectivity index (χ1) is 14.3. The Morgan fingerprint density at radius 3 is 2.67 bits per heavy atom. The van der Waals surface area contributed by atoms with Crippen LogP contribution in [0.1, 0.15) is 51.2 Å². The number of hydrogen-bond donors (Lipinski definition) is 0. The Hall–Kier alpha value is -2.48. The van der Waals surface area contributed by atoms with Crippen LogP contribution in [-0.4, -0.2) is 42.3 Å². The molecule has 2 saturated heterocycles. The summed E-state index contributed by atoms with van der Waals surface area (Å²) in [6, 6.07) is 1.76. The second-order valence-electron chi connectivity index (χ2n) is 9.11. The van der Waals surface area contributed by atoms with Gasteiger partial charge in [0, 0.05) is 31.7 Å². The van der Waals surface area contributed by atoms with Crippen molar-refractivity contribution in [3.8, 4) is 0 Å². The third-order valence-electron chi connectivity index (χ3n) is 7.92. The fourth-order valence-electron chi connectivity index (χ4n) is 6.36. The highest BCUT2D eigenvalue weighted by atomic mass is 16.6. The standard InChI is InChI=1S/C22H24O8/c1-12-7-18(25)21(10-28-13(2)23)16(3-4-17(24)22(21)11-29-22)20(12)8-15(30-19(20)26)14-5-6-27-9-14/h5-6,9,12,15-16H,3-4,7-8,10-11H2,1-2H3/t12-,15+,16-,20-,21+,22-/m1/s1. The predicted molar refractivity (Wildman–Crippen MR) is 98.9 cm³/mol. The Balaban J connectivity index is 1.63. The number of hydrogen-bond acceptors (Lipinski definition) is 8. The van der Waals surface area contributed by atoms with Crippen molar-refractivity contribution in [3.05, 3.63) is 24.2 Å². The lowest BCUT2D eigenvalue weighted by Crippen LogP contribution is -2.68. The van der Waals surface area contributed by atoms with Crippen molar-refractivity contribution in [1.29, 1.82) is 0 Å². The van der Waals surface area contributed by atoms with E-state index in [0.717, 1.165) is 5.56 Å². The van der Waals surface area contributed by atoms with Crippen LogP contribution in [0, 0.1) is 22.7 Å². The van der Waals surface area contributed by atoms with E-state index in [0.29, 0.717) is 12.8 Å². The van der Waals surface area contributed by atoms with Crippen LogP contribution < -0.4 is 0 Å². The summed E-state index contributed by atoms with van der Waals surface area (Å²) < 4.78 is 22.0. The molecule has 1 aromatic rings. The Labute approximate surface area is 173 Å². The van der Waals surface area contributed by atoms with E-state index >= 15 is 0 Å². The van der Waals surface area contributed by atoms with Gasteiger partial charge in [0.25, 0.3) is 0 Å². The van der Waals surface area contributed by atoms with Crippen LogP contribution in [0.2, 0.25) is 0 Å². The van der Waals surface area contributed by atoms with Crippen molar-refractivity contribution in [2.45, 2.75) is 51.2 Å². The van der Waals surface area contributed by atoms with Gasteiger partial charge in [-0.2, -0.15) is 0 Å². The monoisotopic (exact) mass is 416 g/mol. The van der Waals surface area contributed by atoms with Crippen LogP contribution in [0.3, 0.4) is 0 Å². The molecule has 0 bridgehead atoms. The molecule has 0 aromatic carbocycles. The van der Waals surface area contributed by atoms with Crippen molar-refractivity contribution in [2.24, 2.45) is 22.7 Å². The number of epoxide rings is 1. The molecule has 2 saturated carbocycles. The van der Waals surface area contributed by atoms with Gasteiger partial charge in [-0.25, -0.2) is 0 Å². The van der Waals surface area contributed by atoms with E-state index in [-0.39, 0.29) is 49.5 Å². The molecule has 2 spiro atoms. The quantitative estimate of drug-likeness (QED) is 0.544. The van der Waals surface area contributed by atoms with Crippen molar-refractivity contribution in [3.63, 3.8) is 0 Å². The first-order valence-electron chi connectivity index (χ1n) is 10.3. The van der Waals surface area contributed by atoms with E-state index in [9.17, 15) is 19.2 Å². The summed E-state index contributed by atoms with van der Waals surface area (Å²) in [5, 5.41) is 0. The van der Waals surface area contributed by atoms with E-state index < -0.39 is 34.4 Å². The molecule has 160 valence electrons. The summed E-state index contributed by atoms with van der Waals surface area (Å²) in [7, 11) is 0. The second kappa shape index (κ2) is 6.26. The lowest BCUT2D eigenvalue weighted by atomic mass is 9.43. The lowest BCUT2D eigenvalue weighted by molar-refractivity contribution is -0.190. The molecule has 1 aromatic heterocycles. The topological polar surface area (TPSA) is 112 Å². The van der Waals surface area contributed by atoms with Crippen molar-refractivity contribution in [2.75, 3.05) is 13.2 Å². The zero-order valence-corrected chi connectivity index (χ0v) is 17.0. The Morgan fingerprint density at radius 1 is 1.27 bits per heavy atom. The fourth-order valence-corrected chi connectivity index (χ4v) is 6.36. The van der Waals surface area contributed by atoms with Crippen LogP contribution in [-0.2, 0) is 33.4 Å². The van der Waals surface area contributed by atoms with Gasteiger partial charge < -0.3 is 18.6 Å². The number of ketones is 2. The Kier molecular flexibility index (Phi) is 4.07. The number of furan rings is 1. The second-order valence-corrected chi connectivity index (χ2v) is 9.11. The number of cyclic esters (lactones) is 1. The predicted octanol–water partition coefficient (Wildman–Crippen LogP) is 2.16. The molecule has 2 aliphatic carbocycles. The molecular weight excluding hydrogens is 392 g/mol. The van der Waals surface area contributed by atoms with Crippen molar-refractivity contribution in [1.82, 2.24) is 0 Å². The van der Waals surface area contributed by atoms with Crippen LogP contribution in [0.5, 0.6) is 0 Å². The third kappa shape index (κ3) is 2.25. The Bertz CT molecular complexity index is 929. The van der Waals surface area contributed by atoms with Gasteiger partial charge >= 0.3 is 11.9 Å².